The number of nitrogens with zero attached hydrogens (tertiary/aromatic N) is 1. The molecule has 3 rings (SSSR count). The number of halogens is 3. The molecule has 0 aliphatic carbocycles. The number of carbonyl (C=O) groups is 1. The van der Waals surface area contributed by atoms with Crippen molar-refractivity contribution in [1.29, 1.82) is 0 Å². The van der Waals surface area contributed by atoms with E-state index in [0.717, 1.165) is 0 Å². The summed E-state index contributed by atoms with van der Waals surface area (Å²) in [6, 6.07) is 8.55. The summed E-state index contributed by atoms with van der Waals surface area (Å²) in [6.45, 7) is 0.304. The van der Waals surface area contributed by atoms with Crippen LogP contribution >= 0.6 is 27.5 Å². The zero-order valence-corrected chi connectivity index (χ0v) is 18.7. The molecule has 1 N–H and O–H groups in total. The predicted molar refractivity (Wildman–Crippen MR) is 112 cm³/mol. The Morgan fingerprint density at radius 3 is 2.72 bits per heavy atom. The van der Waals surface area contributed by atoms with Crippen LogP contribution in [0.2, 0.25) is 5.02 Å². The van der Waals surface area contributed by atoms with Crippen LogP contribution in [0.1, 0.15) is 12.8 Å². The van der Waals surface area contributed by atoms with Crippen LogP contribution in [0.4, 0.5) is 10.1 Å². The van der Waals surface area contributed by atoms with Crippen molar-refractivity contribution in [2.45, 2.75) is 17.7 Å². The van der Waals surface area contributed by atoms with E-state index in [4.69, 9.17) is 16.3 Å². The van der Waals surface area contributed by atoms with Crippen LogP contribution in [0.15, 0.2) is 45.8 Å². The van der Waals surface area contributed by atoms with Crippen molar-refractivity contribution < 1.29 is 22.3 Å². The smallest absolute Gasteiger partial charge is 0.243 e. The van der Waals surface area contributed by atoms with Crippen molar-refractivity contribution in [3.05, 3.63) is 51.7 Å². The molecule has 0 radical (unpaired) electrons. The maximum atomic E-state index is 14.0. The highest BCUT2D eigenvalue weighted by atomic mass is 79.9. The summed E-state index contributed by atoms with van der Waals surface area (Å²) in [5, 5.41) is 2.73. The van der Waals surface area contributed by atoms with Gasteiger partial charge in [-0.2, -0.15) is 4.31 Å². The minimum Gasteiger partial charge on any atom is -0.495 e. The van der Waals surface area contributed by atoms with E-state index >= 15 is 0 Å². The molecule has 1 fully saturated rings. The van der Waals surface area contributed by atoms with Crippen LogP contribution in [0.5, 0.6) is 5.75 Å². The van der Waals surface area contributed by atoms with E-state index in [9.17, 15) is 17.6 Å². The first-order valence-corrected chi connectivity index (χ1v) is 11.4. The van der Waals surface area contributed by atoms with E-state index in [1.54, 1.807) is 6.07 Å². The van der Waals surface area contributed by atoms with Gasteiger partial charge in [-0.3, -0.25) is 4.79 Å². The molecule has 29 heavy (non-hydrogen) atoms. The Morgan fingerprint density at radius 2 is 2.07 bits per heavy atom. The fraction of sp³-hybridized carbons (Fsp3) is 0.316. The quantitative estimate of drug-likeness (QED) is 0.658. The first-order valence-electron chi connectivity index (χ1n) is 8.82. The largest absolute Gasteiger partial charge is 0.495 e. The van der Waals surface area contributed by atoms with E-state index in [2.05, 4.69) is 21.2 Å². The Morgan fingerprint density at radius 1 is 1.31 bits per heavy atom. The molecule has 2 aromatic carbocycles. The van der Waals surface area contributed by atoms with Crippen LogP contribution in [0.3, 0.4) is 0 Å². The van der Waals surface area contributed by atoms with Gasteiger partial charge in [0.1, 0.15) is 11.6 Å². The van der Waals surface area contributed by atoms with Gasteiger partial charge in [0.25, 0.3) is 0 Å². The summed E-state index contributed by atoms with van der Waals surface area (Å²) >= 11 is 9.22. The normalized spacial score (nSPS) is 17.7. The molecular weight excluding hydrogens is 487 g/mol. The van der Waals surface area contributed by atoms with E-state index < -0.39 is 27.7 Å². The second-order valence-electron chi connectivity index (χ2n) is 6.61. The lowest BCUT2D eigenvalue weighted by atomic mass is 9.98. The average molecular weight is 506 g/mol. The van der Waals surface area contributed by atoms with Crippen LogP contribution in [0.25, 0.3) is 0 Å². The van der Waals surface area contributed by atoms with Gasteiger partial charge >= 0.3 is 0 Å². The monoisotopic (exact) mass is 504 g/mol. The molecule has 0 unspecified atom stereocenters. The number of nitrogens with one attached hydrogen (secondary N) is 1. The second-order valence-corrected chi connectivity index (χ2v) is 9.87. The number of methoxy groups -OCH3 is 1. The third-order valence-corrected chi connectivity index (χ3v) is 7.35. The van der Waals surface area contributed by atoms with Crippen LogP contribution < -0.4 is 10.1 Å². The van der Waals surface area contributed by atoms with Crippen LogP contribution in [-0.4, -0.2) is 38.8 Å². The molecule has 0 spiro atoms. The van der Waals surface area contributed by atoms with Crippen molar-refractivity contribution in [3.63, 3.8) is 0 Å². The molecule has 1 aliphatic rings. The number of ether oxygens (including phenoxy) is 1. The van der Waals surface area contributed by atoms with Gasteiger partial charge in [-0.15, -0.1) is 0 Å². The minimum atomic E-state index is -3.83. The highest BCUT2D eigenvalue weighted by molar-refractivity contribution is 9.10. The molecule has 0 saturated carbocycles. The molecule has 1 aliphatic heterocycles. The summed E-state index contributed by atoms with van der Waals surface area (Å²) in [5.41, 5.74) is 0.0557. The number of anilines is 1. The third-order valence-electron chi connectivity index (χ3n) is 4.70. The van der Waals surface area contributed by atoms with Gasteiger partial charge in [0.2, 0.25) is 15.9 Å². The van der Waals surface area contributed by atoms with Crippen LogP contribution in [0, 0.1) is 11.7 Å². The summed E-state index contributed by atoms with van der Waals surface area (Å²) in [7, 11) is -2.39. The van der Waals surface area contributed by atoms with E-state index in [0.29, 0.717) is 29.6 Å². The second kappa shape index (κ2) is 8.99. The van der Waals surface area contributed by atoms with Gasteiger partial charge in [-0.25, -0.2) is 12.8 Å². The molecule has 1 saturated heterocycles. The van der Waals surface area contributed by atoms with Crippen molar-refractivity contribution in [3.8, 4) is 5.75 Å². The van der Waals surface area contributed by atoms with Gasteiger partial charge in [-0.05, 0) is 49.2 Å². The lowest BCUT2D eigenvalue weighted by Gasteiger charge is -2.31. The molecule has 1 amide bonds. The Labute approximate surface area is 182 Å². The lowest BCUT2D eigenvalue weighted by Crippen LogP contribution is -2.43. The summed E-state index contributed by atoms with van der Waals surface area (Å²) < 4.78 is 46.8. The SMILES string of the molecule is COc1ccc(S(=O)(=O)N2CCC[C@@H](C(=O)Nc3ccc(Br)cc3F)C2)cc1Cl. The molecule has 2 aromatic rings. The number of hydrogen-bond acceptors (Lipinski definition) is 4. The number of sulfonamides is 1. The molecule has 0 aromatic heterocycles. The van der Waals surface area contributed by atoms with E-state index in [-0.39, 0.29) is 22.2 Å². The minimum absolute atomic E-state index is 0.00988. The Hall–Kier alpha value is -1.68. The third kappa shape index (κ3) is 4.91. The summed E-state index contributed by atoms with van der Waals surface area (Å²) in [4.78, 5) is 12.6. The number of hydrogen-bond donors (Lipinski definition) is 1. The van der Waals surface area contributed by atoms with Gasteiger partial charge in [0.15, 0.2) is 0 Å². The first kappa shape index (κ1) is 22.0. The molecular formula is C19H19BrClFN2O4S. The standard InChI is InChI=1S/C19H19BrClFN2O4S/c1-28-18-7-5-14(10-15(18)21)29(26,27)24-8-2-3-12(11-24)19(25)23-17-6-4-13(20)9-16(17)22/h4-7,9-10,12H,2-3,8,11H2,1H3,(H,23,25)/t12-/m1/s1. The van der Waals surface area contributed by atoms with E-state index in [1.807, 2.05) is 0 Å². The number of benzene rings is 2. The highest BCUT2D eigenvalue weighted by Gasteiger charge is 2.33. The fourth-order valence-electron chi connectivity index (χ4n) is 3.16. The average Bonchev–Trinajstić information content (AvgIpc) is 2.70. The molecule has 10 heteroatoms. The Balaban J connectivity index is 1.75. The van der Waals surface area contributed by atoms with Gasteiger partial charge in [0.05, 0.1) is 28.6 Å². The Kier molecular flexibility index (Phi) is 6.83. The topological polar surface area (TPSA) is 75.7 Å². The molecule has 156 valence electrons. The van der Waals surface area contributed by atoms with Crippen molar-refractivity contribution in [2.24, 2.45) is 5.92 Å². The van der Waals surface area contributed by atoms with Gasteiger partial charge < -0.3 is 10.1 Å². The molecule has 6 nitrogen and oxygen atoms in total. The lowest BCUT2D eigenvalue weighted by molar-refractivity contribution is -0.120. The van der Waals surface area contributed by atoms with Crippen molar-refractivity contribution in [2.75, 3.05) is 25.5 Å². The van der Waals surface area contributed by atoms with E-state index in [1.165, 1.54) is 41.7 Å². The van der Waals surface area contributed by atoms with Crippen molar-refractivity contribution in [1.82, 2.24) is 4.31 Å². The molecule has 1 heterocycles. The van der Waals surface area contributed by atoms with Crippen molar-refractivity contribution >= 4 is 49.1 Å². The first-order chi connectivity index (χ1) is 13.7. The predicted octanol–water partition coefficient (Wildman–Crippen LogP) is 4.29. The zero-order chi connectivity index (χ0) is 21.2. The zero-order valence-electron chi connectivity index (χ0n) is 15.5. The maximum absolute atomic E-state index is 14.0. The number of amides is 1. The van der Waals surface area contributed by atoms with Gasteiger partial charge in [-0.1, -0.05) is 27.5 Å². The molecule has 1 atom stereocenters. The fourth-order valence-corrected chi connectivity index (χ4v) is 5.36. The summed E-state index contributed by atoms with van der Waals surface area (Å²) in [5.74, 6) is -1.20. The summed E-state index contributed by atoms with van der Waals surface area (Å²) in [6.07, 6.45) is 1.03. The van der Waals surface area contributed by atoms with Crippen LogP contribution in [-0.2, 0) is 14.8 Å². The number of rotatable bonds is 5. The maximum Gasteiger partial charge on any atom is 0.243 e. The Bertz CT molecular complexity index is 1030. The number of carbonyl (C=O) groups excluding carboxylic acids is 1. The number of piperidine rings is 1. The highest BCUT2D eigenvalue weighted by Crippen LogP contribution is 2.30. The molecule has 0 bridgehead atoms. The van der Waals surface area contributed by atoms with Gasteiger partial charge in [0, 0.05) is 17.6 Å².